The van der Waals surface area contributed by atoms with Crippen LogP contribution in [0.1, 0.15) is 23.7 Å². The first-order valence-electron chi connectivity index (χ1n) is 11.8. The lowest BCUT2D eigenvalue weighted by molar-refractivity contribution is -0.126. The van der Waals surface area contributed by atoms with Gasteiger partial charge in [-0.2, -0.15) is 0 Å². The lowest BCUT2D eigenvalue weighted by atomic mass is 10.1. The van der Waals surface area contributed by atoms with Crippen molar-refractivity contribution in [1.29, 1.82) is 0 Å². The summed E-state index contributed by atoms with van der Waals surface area (Å²) in [5.41, 5.74) is 4.18. The van der Waals surface area contributed by atoms with Crippen LogP contribution in [0.3, 0.4) is 0 Å². The molecule has 1 unspecified atom stereocenters. The van der Waals surface area contributed by atoms with Crippen molar-refractivity contribution in [1.82, 2.24) is 9.97 Å². The van der Waals surface area contributed by atoms with Crippen molar-refractivity contribution in [2.75, 3.05) is 4.90 Å². The van der Waals surface area contributed by atoms with Crippen molar-refractivity contribution in [3.63, 3.8) is 0 Å². The van der Waals surface area contributed by atoms with E-state index >= 15 is 0 Å². The Morgan fingerprint density at radius 1 is 0.833 bits per heavy atom. The maximum Gasteiger partial charge on any atom is 0.338 e. The molecule has 1 aromatic heterocycles. The number of H-pyrrole nitrogens is 1. The summed E-state index contributed by atoms with van der Waals surface area (Å²) in [7, 11) is 0. The fourth-order valence-electron chi connectivity index (χ4n) is 4.08. The fraction of sp³-hybridized carbons (Fsp3) is 0.100. The molecule has 0 fully saturated rings. The van der Waals surface area contributed by atoms with Crippen LogP contribution in [0.15, 0.2) is 109 Å². The number of carbonyl (C=O) groups is 2. The molecule has 0 aliphatic heterocycles. The summed E-state index contributed by atoms with van der Waals surface area (Å²) < 4.78 is 5.75. The largest absolute Gasteiger partial charge is 0.449 e. The normalized spacial score (nSPS) is 11.7. The fourth-order valence-corrected chi connectivity index (χ4v) is 4.08. The zero-order chi connectivity index (χ0) is 24.9. The number of aromatic nitrogens is 2. The number of imidazole rings is 1. The highest BCUT2D eigenvalue weighted by molar-refractivity contribution is 6.04. The topological polar surface area (TPSA) is 75.3 Å². The van der Waals surface area contributed by atoms with Gasteiger partial charge in [0.15, 0.2) is 6.10 Å². The van der Waals surface area contributed by atoms with Gasteiger partial charge in [-0.1, -0.05) is 73.7 Å². The highest BCUT2D eigenvalue weighted by Gasteiger charge is 2.29. The van der Waals surface area contributed by atoms with Crippen LogP contribution in [-0.2, 0) is 9.53 Å². The predicted octanol–water partition coefficient (Wildman–Crippen LogP) is 6.53. The van der Waals surface area contributed by atoms with E-state index in [1.807, 2.05) is 97.9 Å². The molecule has 0 spiro atoms. The summed E-state index contributed by atoms with van der Waals surface area (Å²) in [5.74, 6) is -0.148. The van der Waals surface area contributed by atoms with Crippen molar-refractivity contribution in [2.45, 2.75) is 19.4 Å². The summed E-state index contributed by atoms with van der Waals surface area (Å²) in [5, 5.41) is 0. The van der Waals surface area contributed by atoms with Crippen molar-refractivity contribution in [3.8, 4) is 11.4 Å². The standard InChI is InChI=1S/C30H25N3O3/c1-2-27(29(34)33(23-14-8-4-9-15-23)24-16-10-5-11-17-24)36-30(35)22-18-19-25-26(20-22)32-28(31-25)21-12-6-3-7-13-21/h3-20,27H,2H2,1H3,(H,31,32). The van der Waals surface area contributed by atoms with E-state index in [9.17, 15) is 9.59 Å². The number of ether oxygens (including phenoxy) is 1. The van der Waals surface area contributed by atoms with Crippen molar-refractivity contribution >= 4 is 34.3 Å². The van der Waals surface area contributed by atoms with Crippen LogP contribution in [0.2, 0.25) is 0 Å². The van der Waals surface area contributed by atoms with Gasteiger partial charge in [-0.25, -0.2) is 9.78 Å². The van der Waals surface area contributed by atoms with Gasteiger partial charge in [-0.3, -0.25) is 9.69 Å². The SMILES string of the molecule is CCC(OC(=O)c1ccc2nc(-c3ccccc3)[nH]c2c1)C(=O)N(c1ccccc1)c1ccccc1. The number of para-hydroxylation sites is 2. The van der Waals surface area contributed by atoms with Gasteiger partial charge in [0.25, 0.3) is 5.91 Å². The number of fused-ring (bicyclic) bond motifs is 1. The van der Waals surface area contributed by atoms with E-state index in [1.54, 1.807) is 23.1 Å². The quantitative estimate of drug-likeness (QED) is 0.272. The monoisotopic (exact) mass is 475 g/mol. The number of amides is 1. The van der Waals surface area contributed by atoms with Crippen LogP contribution in [0, 0.1) is 0 Å². The Morgan fingerprint density at radius 2 is 1.42 bits per heavy atom. The molecule has 1 atom stereocenters. The van der Waals surface area contributed by atoms with Crippen LogP contribution in [0.4, 0.5) is 11.4 Å². The summed E-state index contributed by atoms with van der Waals surface area (Å²) in [4.78, 5) is 36.2. The highest BCUT2D eigenvalue weighted by atomic mass is 16.5. The van der Waals surface area contributed by atoms with Gasteiger partial charge in [0.1, 0.15) is 5.82 Å². The Kier molecular flexibility index (Phi) is 6.58. The lowest BCUT2D eigenvalue weighted by Gasteiger charge is -2.27. The van der Waals surface area contributed by atoms with E-state index in [1.165, 1.54) is 0 Å². The predicted molar refractivity (Wildman–Crippen MR) is 141 cm³/mol. The zero-order valence-electron chi connectivity index (χ0n) is 19.8. The summed E-state index contributed by atoms with van der Waals surface area (Å²) in [6.45, 7) is 1.83. The van der Waals surface area contributed by atoms with Gasteiger partial charge in [0.2, 0.25) is 0 Å². The van der Waals surface area contributed by atoms with Gasteiger partial charge in [-0.05, 0) is 48.9 Å². The van der Waals surface area contributed by atoms with Gasteiger partial charge in [-0.15, -0.1) is 0 Å². The average molecular weight is 476 g/mol. The molecule has 0 saturated carbocycles. The summed E-state index contributed by atoms with van der Waals surface area (Å²) >= 11 is 0. The number of hydrogen-bond donors (Lipinski definition) is 1. The third kappa shape index (κ3) is 4.74. The molecule has 6 heteroatoms. The molecule has 6 nitrogen and oxygen atoms in total. The molecule has 0 aliphatic carbocycles. The van der Waals surface area contributed by atoms with Gasteiger partial charge >= 0.3 is 5.97 Å². The second-order valence-corrected chi connectivity index (χ2v) is 8.33. The first-order chi connectivity index (χ1) is 17.6. The number of aromatic amines is 1. The minimum Gasteiger partial charge on any atom is -0.449 e. The molecule has 36 heavy (non-hydrogen) atoms. The Labute approximate surface area is 209 Å². The van der Waals surface area contributed by atoms with Gasteiger partial charge in [0, 0.05) is 16.9 Å². The van der Waals surface area contributed by atoms with Crippen LogP contribution in [0.25, 0.3) is 22.4 Å². The summed E-state index contributed by atoms with van der Waals surface area (Å²) in [6, 6.07) is 33.6. The Morgan fingerprint density at radius 3 is 2.00 bits per heavy atom. The maximum absolute atomic E-state index is 13.6. The Hall–Kier alpha value is -4.71. The molecule has 5 aromatic rings. The third-order valence-electron chi connectivity index (χ3n) is 5.91. The van der Waals surface area contributed by atoms with Crippen molar-refractivity contribution in [3.05, 3.63) is 115 Å². The molecule has 5 rings (SSSR count). The number of nitrogens with zero attached hydrogens (tertiary/aromatic N) is 2. The first kappa shape index (κ1) is 23.1. The highest BCUT2D eigenvalue weighted by Crippen LogP contribution is 2.27. The zero-order valence-corrected chi connectivity index (χ0v) is 19.8. The van der Waals surface area contributed by atoms with Gasteiger partial charge < -0.3 is 9.72 Å². The minimum absolute atomic E-state index is 0.308. The van der Waals surface area contributed by atoms with E-state index in [2.05, 4.69) is 9.97 Å². The molecule has 0 saturated heterocycles. The molecule has 1 heterocycles. The first-order valence-corrected chi connectivity index (χ1v) is 11.8. The van der Waals surface area contributed by atoms with E-state index in [4.69, 9.17) is 4.74 Å². The molecule has 178 valence electrons. The van der Waals surface area contributed by atoms with Gasteiger partial charge in [0.05, 0.1) is 16.6 Å². The Balaban J connectivity index is 1.40. The molecule has 0 aliphatic rings. The van der Waals surface area contributed by atoms with Crippen LogP contribution < -0.4 is 4.90 Å². The number of rotatable bonds is 7. The van der Waals surface area contributed by atoms with E-state index in [0.717, 1.165) is 22.4 Å². The number of anilines is 2. The van der Waals surface area contributed by atoms with Crippen LogP contribution in [0.5, 0.6) is 0 Å². The third-order valence-corrected chi connectivity index (χ3v) is 5.91. The molecule has 0 radical (unpaired) electrons. The smallest absolute Gasteiger partial charge is 0.338 e. The van der Waals surface area contributed by atoms with E-state index in [-0.39, 0.29) is 5.91 Å². The van der Waals surface area contributed by atoms with Crippen molar-refractivity contribution in [2.24, 2.45) is 0 Å². The van der Waals surface area contributed by atoms with Crippen LogP contribution in [-0.4, -0.2) is 27.9 Å². The molecule has 1 amide bonds. The maximum atomic E-state index is 13.6. The van der Waals surface area contributed by atoms with Crippen LogP contribution >= 0.6 is 0 Å². The number of nitrogens with one attached hydrogen (secondary N) is 1. The number of benzene rings is 4. The number of esters is 1. The van der Waals surface area contributed by atoms with E-state index in [0.29, 0.717) is 23.4 Å². The molecular formula is C30H25N3O3. The molecule has 0 bridgehead atoms. The number of hydrogen-bond acceptors (Lipinski definition) is 4. The average Bonchev–Trinajstić information content (AvgIpc) is 3.37. The number of carbonyl (C=O) groups excluding carboxylic acids is 2. The van der Waals surface area contributed by atoms with Crippen molar-refractivity contribution < 1.29 is 14.3 Å². The lowest BCUT2D eigenvalue weighted by Crippen LogP contribution is -2.38. The van der Waals surface area contributed by atoms with E-state index < -0.39 is 12.1 Å². The second-order valence-electron chi connectivity index (χ2n) is 8.33. The Bertz CT molecular complexity index is 1440. The molecule has 4 aromatic carbocycles. The second kappa shape index (κ2) is 10.3. The summed E-state index contributed by atoms with van der Waals surface area (Å²) in [6.07, 6.45) is -0.610. The molecule has 1 N–H and O–H groups in total. The molecular weight excluding hydrogens is 450 g/mol. The minimum atomic E-state index is -0.949.